The fourth-order valence-corrected chi connectivity index (χ4v) is 6.50. The number of hydrogen-bond acceptors (Lipinski definition) is 6. The summed E-state index contributed by atoms with van der Waals surface area (Å²) in [5.41, 5.74) is 6.40. The Morgan fingerprint density at radius 2 is 1.60 bits per heavy atom. The predicted molar refractivity (Wildman–Crippen MR) is 160 cm³/mol. The first-order chi connectivity index (χ1) is 19.5. The third-order valence-electron chi connectivity index (χ3n) is 8.84. The zero-order valence-corrected chi connectivity index (χ0v) is 24.7. The van der Waals surface area contributed by atoms with E-state index < -0.39 is 0 Å². The molecular weight excluding hydrogens is 502 g/mol. The van der Waals surface area contributed by atoms with E-state index >= 15 is 0 Å². The molecule has 1 atom stereocenters. The van der Waals surface area contributed by atoms with E-state index in [0.717, 1.165) is 97.4 Å². The van der Waals surface area contributed by atoms with Gasteiger partial charge in [0.2, 0.25) is 0 Å². The molecule has 1 aliphatic heterocycles. The van der Waals surface area contributed by atoms with Crippen molar-refractivity contribution in [3.05, 3.63) is 63.4 Å². The molecule has 0 bridgehead atoms. The predicted octanol–water partition coefficient (Wildman–Crippen LogP) is 6.14. The van der Waals surface area contributed by atoms with E-state index in [4.69, 9.17) is 19.3 Å². The Labute approximate surface area is 238 Å². The minimum atomic E-state index is -0.290. The van der Waals surface area contributed by atoms with Gasteiger partial charge in [0.15, 0.2) is 0 Å². The summed E-state index contributed by atoms with van der Waals surface area (Å²) in [6.45, 7) is 6.45. The van der Waals surface area contributed by atoms with Crippen LogP contribution in [0.1, 0.15) is 69.1 Å². The summed E-state index contributed by atoms with van der Waals surface area (Å²) >= 11 is 0. The van der Waals surface area contributed by atoms with Gasteiger partial charge in [-0.25, -0.2) is 0 Å². The number of anilines is 1. The van der Waals surface area contributed by atoms with Crippen molar-refractivity contribution in [3.8, 4) is 28.4 Å². The molecule has 1 aliphatic carbocycles. The number of rotatable bonds is 11. The van der Waals surface area contributed by atoms with E-state index in [9.17, 15) is 4.79 Å². The van der Waals surface area contributed by atoms with Crippen molar-refractivity contribution in [2.45, 2.75) is 77.2 Å². The van der Waals surface area contributed by atoms with Gasteiger partial charge in [0.1, 0.15) is 11.5 Å². The lowest BCUT2D eigenvalue weighted by Gasteiger charge is -2.32. The molecule has 1 fully saturated rings. The van der Waals surface area contributed by atoms with Gasteiger partial charge in [-0.3, -0.25) is 4.79 Å². The molecule has 1 aromatic heterocycles. The summed E-state index contributed by atoms with van der Waals surface area (Å²) in [7, 11) is 5.12. The first-order valence-electron chi connectivity index (χ1n) is 14.8. The van der Waals surface area contributed by atoms with Gasteiger partial charge in [-0.05, 0) is 80.3 Å². The Morgan fingerprint density at radius 3 is 2.23 bits per heavy atom. The molecule has 0 amide bonds. The molecule has 0 N–H and O–H groups in total. The molecule has 40 heavy (non-hydrogen) atoms. The van der Waals surface area contributed by atoms with Crippen LogP contribution in [0.2, 0.25) is 0 Å². The van der Waals surface area contributed by atoms with Crippen molar-refractivity contribution >= 4 is 5.69 Å². The molecule has 7 heteroatoms. The molecule has 0 saturated carbocycles. The molecule has 5 rings (SSSR count). The zero-order chi connectivity index (χ0) is 28.3. The van der Waals surface area contributed by atoms with Crippen molar-refractivity contribution in [1.29, 1.82) is 0 Å². The van der Waals surface area contributed by atoms with Crippen LogP contribution < -0.4 is 19.9 Å². The first kappa shape index (κ1) is 28.2. The van der Waals surface area contributed by atoms with Crippen LogP contribution in [-0.2, 0) is 24.0 Å². The molecule has 7 nitrogen and oxygen atoms in total. The highest BCUT2D eigenvalue weighted by Gasteiger charge is 2.30. The Hall–Kier alpha value is -3.32. The normalized spacial score (nSPS) is 16.2. The van der Waals surface area contributed by atoms with Crippen molar-refractivity contribution in [2.75, 3.05) is 39.3 Å². The van der Waals surface area contributed by atoms with E-state index in [0.29, 0.717) is 11.5 Å². The highest BCUT2D eigenvalue weighted by molar-refractivity contribution is 5.69. The average Bonchev–Trinajstić information content (AvgIpc) is 3.71. The van der Waals surface area contributed by atoms with Gasteiger partial charge in [0, 0.05) is 49.5 Å². The number of hydrogen-bond donors (Lipinski definition) is 0. The number of nitrogens with zero attached hydrogens (tertiary/aromatic N) is 3. The summed E-state index contributed by atoms with van der Waals surface area (Å²) < 4.78 is 19.0. The van der Waals surface area contributed by atoms with Crippen LogP contribution in [-0.4, -0.2) is 49.8 Å². The lowest BCUT2D eigenvalue weighted by atomic mass is 9.86. The lowest BCUT2D eigenvalue weighted by molar-refractivity contribution is -0.0208. The lowest BCUT2D eigenvalue weighted by Crippen LogP contribution is -2.34. The zero-order valence-electron chi connectivity index (χ0n) is 24.7. The fraction of sp³-hybridized carbons (Fsp3) is 0.515. The van der Waals surface area contributed by atoms with Gasteiger partial charge < -0.3 is 19.1 Å². The van der Waals surface area contributed by atoms with Crippen LogP contribution in [0.3, 0.4) is 0 Å². The maximum absolute atomic E-state index is 14.1. The molecule has 0 spiro atoms. The molecule has 2 aromatic carbocycles. The van der Waals surface area contributed by atoms with Gasteiger partial charge >= 0.3 is 0 Å². The van der Waals surface area contributed by atoms with Gasteiger partial charge in [-0.2, -0.15) is 9.78 Å². The minimum absolute atomic E-state index is 0.0130. The van der Waals surface area contributed by atoms with Crippen molar-refractivity contribution in [3.63, 3.8) is 0 Å². The van der Waals surface area contributed by atoms with E-state index in [1.165, 1.54) is 12.8 Å². The van der Waals surface area contributed by atoms with Gasteiger partial charge in [-0.15, -0.1) is 0 Å². The Bertz CT molecular complexity index is 1380. The third-order valence-corrected chi connectivity index (χ3v) is 8.84. The molecule has 0 radical (unpaired) electrons. The third kappa shape index (κ3) is 5.36. The maximum Gasteiger partial charge on any atom is 0.275 e. The summed E-state index contributed by atoms with van der Waals surface area (Å²) in [6, 6.07) is 12.4. The summed E-state index contributed by atoms with van der Waals surface area (Å²) in [4.78, 5) is 16.5. The largest absolute Gasteiger partial charge is 0.497 e. The number of ether oxygens (including phenoxy) is 3. The van der Waals surface area contributed by atoms with E-state index in [-0.39, 0.29) is 11.2 Å². The number of benzene rings is 2. The smallest absolute Gasteiger partial charge is 0.275 e. The van der Waals surface area contributed by atoms with E-state index in [1.807, 2.05) is 25.3 Å². The summed E-state index contributed by atoms with van der Waals surface area (Å²) in [5, 5.41) is 5.12. The van der Waals surface area contributed by atoms with Gasteiger partial charge in [0.25, 0.3) is 5.56 Å². The van der Waals surface area contributed by atoms with E-state index in [1.54, 1.807) is 18.9 Å². The number of methoxy groups -OCH3 is 3. The standard InChI is InChI=1S/C33H43N3O4/c1-6-15-33(7-2,40-5)22-23-13-14-25(35-16-8-9-17-35)20-30(23)36-32(37)29-12-10-11-28(29)31(34-36)24-18-26(38-3)21-27(19-24)39-4/h13-14,18-21H,6-12,15-17,22H2,1-5H3. The van der Waals surface area contributed by atoms with Crippen LogP contribution in [0.5, 0.6) is 11.5 Å². The van der Waals surface area contributed by atoms with Crippen LogP contribution >= 0.6 is 0 Å². The number of aromatic nitrogens is 2. The fourth-order valence-electron chi connectivity index (χ4n) is 6.50. The van der Waals surface area contributed by atoms with E-state index in [2.05, 4.69) is 36.9 Å². The van der Waals surface area contributed by atoms with Gasteiger partial charge in [-0.1, -0.05) is 26.3 Å². The highest BCUT2D eigenvalue weighted by Crippen LogP contribution is 2.36. The Morgan fingerprint density at radius 1 is 0.900 bits per heavy atom. The highest BCUT2D eigenvalue weighted by atomic mass is 16.5. The number of fused-ring (bicyclic) bond motifs is 1. The summed E-state index contributed by atoms with van der Waals surface area (Å²) in [5.74, 6) is 1.40. The second-order valence-corrected chi connectivity index (χ2v) is 11.2. The van der Waals surface area contributed by atoms with Crippen molar-refractivity contribution in [2.24, 2.45) is 0 Å². The van der Waals surface area contributed by atoms with Crippen molar-refractivity contribution < 1.29 is 14.2 Å². The molecule has 1 saturated heterocycles. The summed E-state index contributed by atoms with van der Waals surface area (Å²) in [6.07, 6.45) is 8.53. The first-order valence-corrected chi connectivity index (χ1v) is 14.8. The molecule has 1 unspecified atom stereocenters. The van der Waals surface area contributed by atoms with Crippen molar-refractivity contribution in [1.82, 2.24) is 9.78 Å². The molecule has 3 aromatic rings. The molecule has 2 aliphatic rings. The van der Waals surface area contributed by atoms with Crippen LogP contribution in [0, 0.1) is 0 Å². The van der Waals surface area contributed by atoms with Crippen LogP contribution in [0.15, 0.2) is 41.2 Å². The monoisotopic (exact) mass is 545 g/mol. The average molecular weight is 546 g/mol. The second-order valence-electron chi connectivity index (χ2n) is 11.2. The SMILES string of the molecule is CCCC(CC)(Cc1ccc(N2CCCC2)cc1-n1nc(-c2cc(OC)cc(OC)c2)c2c(c1=O)CCC2)OC. The molecule has 2 heterocycles. The second kappa shape index (κ2) is 12.0. The molecule has 214 valence electrons. The van der Waals surface area contributed by atoms with Gasteiger partial charge in [0.05, 0.1) is 31.2 Å². The Kier molecular flexibility index (Phi) is 8.50. The quantitative estimate of drug-likeness (QED) is 0.288. The van der Waals surface area contributed by atoms with Crippen LogP contribution in [0.4, 0.5) is 5.69 Å². The maximum atomic E-state index is 14.1. The Balaban J connectivity index is 1.73. The topological polar surface area (TPSA) is 65.8 Å². The molecular formula is C33H43N3O4. The minimum Gasteiger partial charge on any atom is -0.497 e. The van der Waals surface area contributed by atoms with Crippen LogP contribution in [0.25, 0.3) is 16.9 Å².